The second kappa shape index (κ2) is 10.2. The molecule has 3 aromatic rings. The van der Waals surface area contributed by atoms with E-state index in [2.05, 4.69) is 6.92 Å². The number of unbranched alkanes of at least 4 members (excludes halogenated alkanes) is 2. The van der Waals surface area contributed by atoms with Crippen LogP contribution in [0, 0.1) is 29.3 Å². The Morgan fingerprint density at radius 2 is 1.62 bits per heavy atom. The van der Waals surface area contributed by atoms with Gasteiger partial charge >= 0.3 is 0 Å². The molecule has 0 radical (unpaired) electrons. The van der Waals surface area contributed by atoms with Crippen molar-refractivity contribution in [2.24, 2.45) is 11.8 Å². The number of rotatable bonds is 9. The molecule has 0 saturated heterocycles. The van der Waals surface area contributed by atoms with Crippen molar-refractivity contribution in [2.75, 3.05) is 6.61 Å². The number of furan rings is 1. The first-order valence-corrected chi connectivity index (χ1v) is 12.2. The summed E-state index contributed by atoms with van der Waals surface area (Å²) in [4.78, 5) is 0. The topological polar surface area (TPSA) is 22.4 Å². The maximum atomic E-state index is 14.9. The van der Waals surface area contributed by atoms with E-state index in [0.717, 1.165) is 25.2 Å². The lowest BCUT2D eigenvalue weighted by atomic mass is 9.80. The van der Waals surface area contributed by atoms with Crippen LogP contribution in [0.1, 0.15) is 77.2 Å². The van der Waals surface area contributed by atoms with E-state index in [0.29, 0.717) is 30.1 Å². The van der Waals surface area contributed by atoms with Crippen molar-refractivity contribution in [2.45, 2.75) is 78.1 Å². The van der Waals surface area contributed by atoms with Gasteiger partial charge < -0.3 is 9.15 Å². The van der Waals surface area contributed by atoms with Gasteiger partial charge in [0.15, 0.2) is 11.6 Å². The molecule has 1 aliphatic rings. The average molecular weight is 447 g/mol. The number of hydrogen-bond donors (Lipinski definition) is 0. The van der Waals surface area contributed by atoms with Gasteiger partial charge in [0.05, 0.1) is 12.0 Å². The molecule has 1 saturated carbocycles. The predicted octanol–water partition coefficient (Wildman–Crippen LogP) is 8.72. The van der Waals surface area contributed by atoms with Crippen molar-refractivity contribution in [1.82, 2.24) is 0 Å². The van der Waals surface area contributed by atoms with Crippen LogP contribution in [0.2, 0.25) is 0 Å². The molecule has 0 amide bonds. The van der Waals surface area contributed by atoms with Crippen LogP contribution < -0.4 is 4.74 Å². The van der Waals surface area contributed by atoms with E-state index in [4.69, 9.17) is 9.15 Å². The minimum absolute atomic E-state index is 0.0283. The van der Waals surface area contributed by atoms with Gasteiger partial charge in [-0.3, -0.25) is 0 Å². The molecule has 4 rings (SSSR count). The molecule has 2 nitrogen and oxygen atoms in total. The summed E-state index contributed by atoms with van der Waals surface area (Å²) in [6, 6.07) is 4.24. The summed E-state index contributed by atoms with van der Waals surface area (Å²) in [5, 5.41) is 0.223. The molecule has 32 heavy (non-hydrogen) atoms. The van der Waals surface area contributed by atoms with E-state index in [1.807, 2.05) is 6.92 Å². The summed E-state index contributed by atoms with van der Waals surface area (Å²) in [5.74, 6) is -1.49. The van der Waals surface area contributed by atoms with E-state index >= 15 is 0 Å². The van der Waals surface area contributed by atoms with Crippen LogP contribution in [0.4, 0.5) is 13.2 Å². The first-order valence-electron chi connectivity index (χ1n) is 12.2. The Balaban J connectivity index is 1.48. The zero-order valence-electron chi connectivity index (χ0n) is 19.1. The third-order valence-electron chi connectivity index (χ3n) is 6.95. The van der Waals surface area contributed by atoms with Crippen molar-refractivity contribution < 1.29 is 22.3 Å². The quantitative estimate of drug-likeness (QED) is 0.307. The zero-order valence-corrected chi connectivity index (χ0v) is 19.1. The minimum atomic E-state index is -1.04. The Morgan fingerprint density at radius 1 is 0.875 bits per heavy atom. The van der Waals surface area contributed by atoms with Gasteiger partial charge in [0, 0.05) is 11.5 Å². The smallest absolute Gasteiger partial charge is 0.201 e. The van der Waals surface area contributed by atoms with Gasteiger partial charge in [-0.1, -0.05) is 58.8 Å². The molecular weight excluding hydrogens is 413 g/mol. The maximum Gasteiger partial charge on any atom is 0.201 e. The average Bonchev–Trinajstić information content (AvgIpc) is 3.14. The number of ether oxygens (including phenoxy) is 1. The number of aryl methyl sites for hydroxylation is 1. The second-order valence-electron chi connectivity index (χ2n) is 9.36. The molecule has 174 valence electrons. The molecule has 0 aliphatic heterocycles. The van der Waals surface area contributed by atoms with E-state index < -0.39 is 17.5 Å². The third kappa shape index (κ3) is 4.77. The van der Waals surface area contributed by atoms with Crippen molar-refractivity contribution >= 4 is 21.9 Å². The SMILES string of the molecule is CCCCCC1CCC(COc2cc3oc4cc(CCC)c(F)cc4c3c(F)c2F)CC1. The van der Waals surface area contributed by atoms with Crippen LogP contribution >= 0.6 is 0 Å². The molecular formula is C27H33F3O2. The van der Waals surface area contributed by atoms with Crippen LogP contribution in [0.5, 0.6) is 5.75 Å². The predicted molar refractivity (Wildman–Crippen MR) is 123 cm³/mol. The van der Waals surface area contributed by atoms with Crippen molar-refractivity contribution in [3.8, 4) is 5.75 Å². The molecule has 1 fully saturated rings. The number of halogens is 3. The molecule has 1 aliphatic carbocycles. The Bertz CT molecular complexity index is 1060. The summed E-state index contributed by atoms with van der Waals surface area (Å²) < 4.78 is 55.6. The van der Waals surface area contributed by atoms with E-state index in [9.17, 15) is 13.2 Å². The molecule has 1 aromatic heterocycles. The Labute approximate surface area is 188 Å². The molecule has 0 unspecified atom stereocenters. The largest absolute Gasteiger partial charge is 0.490 e. The van der Waals surface area contributed by atoms with Crippen molar-refractivity contribution in [3.63, 3.8) is 0 Å². The van der Waals surface area contributed by atoms with Gasteiger partial charge in [0.2, 0.25) is 5.82 Å². The van der Waals surface area contributed by atoms with Crippen molar-refractivity contribution in [1.29, 1.82) is 0 Å². The van der Waals surface area contributed by atoms with E-state index in [-0.39, 0.29) is 22.1 Å². The fraction of sp³-hybridized carbons (Fsp3) is 0.556. The van der Waals surface area contributed by atoms with Gasteiger partial charge in [-0.05, 0) is 48.8 Å². The van der Waals surface area contributed by atoms with E-state index in [1.165, 1.54) is 50.7 Å². The van der Waals surface area contributed by atoms with Gasteiger partial charge in [-0.25, -0.2) is 8.78 Å². The monoisotopic (exact) mass is 446 g/mol. The summed E-state index contributed by atoms with van der Waals surface area (Å²) in [5.41, 5.74) is 1.06. The minimum Gasteiger partial charge on any atom is -0.490 e. The number of hydrogen-bond acceptors (Lipinski definition) is 2. The van der Waals surface area contributed by atoms with Crippen LogP contribution in [0.15, 0.2) is 22.6 Å². The molecule has 5 heteroatoms. The fourth-order valence-corrected chi connectivity index (χ4v) is 5.05. The highest BCUT2D eigenvalue weighted by atomic mass is 19.2. The van der Waals surface area contributed by atoms with Crippen molar-refractivity contribution in [3.05, 3.63) is 41.2 Å². The highest BCUT2D eigenvalue weighted by Gasteiger charge is 2.24. The third-order valence-corrected chi connectivity index (χ3v) is 6.95. The van der Waals surface area contributed by atoms with Crippen LogP contribution in [-0.4, -0.2) is 6.61 Å². The number of benzene rings is 2. The highest BCUT2D eigenvalue weighted by Crippen LogP contribution is 2.38. The lowest BCUT2D eigenvalue weighted by molar-refractivity contribution is 0.172. The summed E-state index contributed by atoms with van der Waals surface area (Å²) in [7, 11) is 0. The Kier molecular flexibility index (Phi) is 7.32. The van der Waals surface area contributed by atoms with E-state index in [1.54, 1.807) is 6.07 Å². The summed E-state index contributed by atoms with van der Waals surface area (Å²) in [6.07, 6.45) is 11.0. The molecule has 0 N–H and O–H groups in total. The molecule has 0 spiro atoms. The normalized spacial score (nSPS) is 19.2. The highest BCUT2D eigenvalue weighted by molar-refractivity contribution is 6.05. The standard InChI is InChI=1S/C27H33F3O2/c1-3-5-6-8-17-9-11-18(12-10-17)16-31-24-15-23-25(27(30)26(24)29)20-14-21(28)19(7-4-2)13-22(20)32-23/h13-15,17-18H,3-12,16H2,1-2H3. The first-order chi connectivity index (χ1) is 15.5. The van der Waals surface area contributed by atoms with Crippen LogP contribution in [0.3, 0.4) is 0 Å². The Morgan fingerprint density at radius 3 is 2.34 bits per heavy atom. The molecule has 0 bridgehead atoms. The van der Waals surface area contributed by atoms with Gasteiger partial charge in [-0.2, -0.15) is 4.39 Å². The first kappa shape index (κ1) is 23.0. The fourth-order valence-electron chi connectivity index (χ4n) is 5.05. The molecule has 1 heterocycles. The van der Waals surface area contributed by atoms with Crippen LogP contribution in [0.25, 0.3) is 21.9 Å². The molecule has 2 aromatic carbocycles. The summed E-state index contributed by atoms with van der Waals surface area (Å²) in [6.45, 7) is 4.56. The lowest BCUT2D eigenvalue weighted by Gasteiger charge is -2.28. The number of fused-ring (bicyclic) bond motifs is 3. The second-order valence-corrected chi connectivity index (χ2v) is 9.36. The maximum absolute atomic E-state index is 14.9. The van der Waals surface area contributed by atoms with Crippen LogP contribution in [-0.2, 0) is 6.42 Å². The lowest BCUT2D eigenvalue weighted by Crippen LogP contribution is -2.20. The van der Waals surface area contributed by atoms with Gasteiger partial charge in [0.25, 0.3) is 0 Å². The van der Waals surface area contributed by atoms with Gasteiger partial charge in [0.1, 0.15) is 17.0 Å². The zero-order chi connectivity index (χ0) is 22.7. The Hall–Kier alpha value is -2.17. The van der Waals surface area contributed by atoms with Gasteiger partial charge in [-0.15, -0.1) is 0 Å². The molecule has 0 atom stereocenters. The summed E-state index contributed by atoms with van der Waals surface area (Å²) >= 11 is 0.